The summed E-state index contributed by atoms with van der Waals surface area (Å²) in [5.74, 6) is -1.38. The lowest BCUT2D eigenvalue weighted by atomic mass is 9.98. The Hall–Kier alpha value is -2.24. The summed E-state index contributed by atoms with van der Waals surface area (Å²) in [5, 5.41) is 9.45. The van der Waals surface area contributed by atoms with E-state index in [0.717, 1.165) is 0 Å². The zero-order valence-corrected chi connectivity index (χ0v) is 12.2. The van der Waals surface area contributed by atoms with Gasteiger partial charge in [0.2, 0.25) is 0 Å². The molecule has 6 heteroatoms. The van der Waals surface area contributed by atoms with Crippen LogP contribution >= 0.6 is 0 Å². The number of aliphatic carboxylic acids is 1. The van der Waals surface area contributed by atoms with Crippen LogP contribution in [0, 0.1) is 5.41 Å². The Balaban J connectivity index is 2.41. The van der Waals surface area contributed by atoms with E-state index in [2.05, 4.69) is 0 Å². The van der Waals surface area contributed by atoms with Crippen LogP contribution in [0.1, 0.15) is 24.8 Å². The second-order valence-corrected chi connectivity index (χ2v) is 4.84. The largest absolute Gasteiger partial charge is 0.493 e. The third-order valence-corrected chi connectivity index (χ3v) is 3.79. The van der Waals surface area contributed by atoms with Gasteiger partial charge < -0.3 is 19.3 Å². The minimum Gasteiger partial charge on any atom is -0.493 e. The molecule has 0 spiro atoms. The Labute approximate surface area is 122 Å². The van der Waals surface area contributed by atoms with Crippen LogP contribution in [0.3, 0.4) is 0 Å². The first-order valence-electron chi connectivity index (χ1n) is 6.64. The maximum atomic E-state index is 12.0. The minimum atomic E-state index is -1.52. The molecule has 2 unspecified atom stereocenters. The highest BCUT2D eigenvalue weighted by atomic mass is 16.5. The van der Waals surface area contributed by atoms with Gasteiger partial charge in [-0.3, -0.25) is 9.59 Å². The topological polar surface area (TPSA) is 82.1 Å². The number of carboxylic acids is 1. The molecule has 21 heavy (non-hydrogen) atoms. The van der Waals surface area contributed by atoms with Crippen molar-refractivity contribution in [1.82, 2.24) is 0 Å². The molecular formula is C15H18O6. The number of benzene rings is 1. The zero-order chi connectivity index (χ0) is 15.6. The third kappa shape index (κ3) is 2.30. The van der Waals surface area contributed by atoms with Crippen LogP contribution in [0.4, 0.5) is 0 Å². The van der Waals surface area contributed by atoms with Crippen molar-refractivity contribution in [3.8, 4) is 11.5 Å². The second kappa shape index (κ2) is 5.63. The molecule has 1 aromatic carbocycles. The fraction of sp³-hybridized carbons (Fsp3) is 0.467. The highest BCUT2D eigenvalue weighted by Crippen LogP contribution is 2.62. The Bertz CT molecular complexity index is 567. The predicted molar refractivity (Wildman–Crippen MR) is 73.6 cm³/mol. The molecule has 1 aliphatic carbocycles. The zero-order valence-electron chi connectivity index (χ0n) is 12.2. The molecule has 6 nitrogen and oxygen atoms in total. The number of carboxylic acid groups (broad SMARTS) is 1. The highest BCUT2D eigenvalue weighted by Gasteiger charge is 2.68. The standard InChI is InChI=1S/C15H18O6/c1-4-21-14(18)15(13(16)17)8-10(15)9-6-5-7-11(19-2)12(9)20-3/h5-7,10H,4,8H2,1-3H3,(H,16,17). The van der Waals surface area contributed by atoms with Crippen LogP contribution in [-0.4, -0.2) is 37.9 Å². The van der Waals surface area contributed by atoms with E-state index in [1.807, 2.05) is 0 Å². The molecule has 0 saturated heterocycles. The fourth-order valence-electron chi connectivity index (χ4n) is 2.63. The van der Waals surface area contributed by atoms with Crippen LogP contribution in [0.15, 0.2) is 18.2 Å². The van der Waals surface area contributed by atoms with Gasteiger partial charge in [0.25, 0.3) is 0 Å². The molecule has 2 rings (SSSR count). The molecule has 0 aliphatic heterocycles. The first-order chi connectivity index (χ1) is 10.0. The number of methoxy groups -OCH3 is 2. The number of para-hydroxylation sites is 1. The molecule has 0 radical (unpaired) electrons. The quantitative estimate of drug-likeness (QED) is 0.636. The number of carbonyl (C=O) groups excluding carboxylic acids is 1. The smallest absolute Gasteiger partial charge is 0.324 e. The lowest BCUT2D eigenvalue weighted by molar-refractivity contribution is -0.161. The molecule has 114 valence electrons. The maximum Gasteiger partial charge on any atom is 0.324 e. The van der Waals surface area contributed by atoms with Crippen molar-refractivity contribution in [2.75, 3.05) is 20.8 Å². The van der Waals surface area contributed by atoms with Gasteiger partial charge in [0.1, 0.15) is 0 Å². The molecule has 2 atom stereocenters. The van der Waals surface area contributed by atoms with Crippen LogP contribution < -0.4 is 9.47 Å². The van der Waals surface area contributed by atoms with Gasteiger partial charge >= 0.3 is 11.9 Å². The van der Waals surface area contributed by atoms with Crippen molar-refractivity contribution in [3.05, 3.63) is 23.8 Å². The van der Waals surface area contributed by atoms with E-state index in [4.69, 9.17) is 14.2 Å². The fourth-order valence-corrected chi connectivity index (χ4v) is 2.63. The molecule has 1 aromatic rings. The van der Waals surface area contributed by atoms with Crippen LogP contribution in [0.5, 0.6) is 11.5 Å². The predicted octanol–water partition coefficient (Wildman–Crippen LogP) is 1.83. The summed E-state index contributed by atoms with van der Waals surface area (Å²) < 4.78 is 15.4. The second-order valence-electron chi connectivity index (χ2n) is 4.84. The summed E-state index contributed by atoms with van der Waals surface area (Å²) in [7, 11) is 2.99. The van der Waals surface area contributed by atoms with E-state index in [1.165, 1.54) is 14.2 Å². The van der Waals surface area contributed by atoms with E-state index >= 15 is 0 Å². The number of ether oxygens (including phenoxy) is 3. The molecule has 0 bridgehead atoms. The van der Waals surface area contributed by atoms with Crippen LogP contribution in [0.2, 0.25) is 0 Å². The first kappa shape index (κ1) is 15.2. The summed E-state index contributed by atoms with van der Waals surface area (Å²) in [4.78, 5) is 23.6. The third-order valence-electron chi connectivity index (χ3n) is 3.79. The van der Waals surface area contributed by atoms with Crippen molar-refractivity contribution in [2.45, 2.75) is 19.3 Å². The van der Waals surface area contributed by atoms with Crippen molar-refractivity contribution in [3.63, 3.8) is 0 Å². The summed E-state index contributed by atoms with van der Waals surface area (Å²) in [6.45, 7) is 1.80. The molecule has 0 amide bonds. The molecular weight excluding hydrogens is 276 g/mol. The number of hydrogen-bond donors (Lipinski definition) is 1. The number of rotatable bonds is 6. The molecule has 1 fully saturated rings. The van der Waals surface area contributed by atoms with Gasteiger partial charge in [0.15, 0.2) is 16.9 Å². The lowest BCUT2D eigenvalue weighted by Gasteiger charge is -2.15. The summed E-state index contributed by atoms with van der Waals surface area (Å²) in [6, 6.07) is 5.21. The lowest BCUT2D eigenvalue weighted by Crippen LogP contribution is -2.29. The molecule has 1 N–H and O–H groups in total. The normalized spacial score (nSPS) is 23.3. The van der Waals surface area contributed by atoms with Crippen molar-refractivity contribution in [1.29, 1.82) is 0 Å². The van der Waals surface area contributed by atoms with Gasteiger partial charge in [-0.05, 0) is 19.4 Å². The van der Waals surface area contributed by atoms with Gasteiger partial charge in [-0.15, -0.1) is 0 Å². The summed E-state index contributed by atoms with van der Waals surface area (Å²) >= 11 is 0. The van der Waals surface area contributed by atoms with Crippen molar-refractivity contribution in [2.24, 2.45) is 5.41 Å². The Kier molecular flexibility index (Phi) is 4.06. The van der Waals surface area contributed by atoms with Crippen LogP contribution in [0.25, 0.3) is 0 Å². The van der Waals surface area contributed by atoms with Crippen LogP contribution in [-0.2, 0) is 14.3 Å². The average Bonchev–Trinajstić information content (AvgIpc) is 3.23. The van der Waals surface area contributed by atoms with E-state index in [-0.39, 0.29) is 13.0 Å². The number of carbonyl (C=O) groups is 2. The van der Waals surface area contributed by atoms with Gasteiger partial charge in [-0.1, -0.05) is 12.1 Å². The monoisotopic (exact) mass is 294 g/mol. The maximum absolute atomic E-state index is 12.0. The minimum absolute atomic E-state index is 0.149. The molecule has 0 aromatic heterocycles. The van der Waals surface area contributed by atoms with Gasteiger partial charge in [-0.2, -0.15) is 0 Å². The Morgan fingerprint density at radius 3 is 2.57 bits per heavy atom. The SMILES string of the molecule is CCOC(=O)C1(C(=O)O)CC1c1cccc(OC)c1OC. The van der Waals surface area contributed by atoms with E-state index < -0.39 is 23.3 Å². The first-order valence-corrected chi connectivity index (χ1v) is 6.64. The Morgan fingerprint density at radius 1 is 1.33 bits per heavy atom. The molecule has 1 aliphatic rings. The van der Waals surface area contributed by atoms with Crippen molar-refractivity contribution < 1.29 is 28.9 Å². The number of esters is 1. The summed E-state index contributed by atoms with van der Waals surface area (Å²) in [5.41, 5.74) is -0.873. The molecule has 1 saturated carbocycles. The van der Waals surface area contributed by atoms with E-state index in [1.54, 1.807) is 25.1 Å². The average molecular weight is 294 g/mol. The van der Waals surface area contributed by atoms with Crippen molar-refractivity contribution >= 4 is 11.9 Å². The summed E-state index contributed by atoms with van der Waals surface area (Å²) in [6.07, 6.45) is 0.199. The highest BCUT2D eigenvalue weighted by molar-refractivity contribution is 6.04. The molecule has 0 heterocycles. The van der Waals surface area contributed by atoms with Gasteiger partial charge in [0, 0.05) is 11.5 Å². The van der Waals surface area contributed by atoms with E-state index in [0.29, 0.717) is 17.1 Å². The van der Waals surface area contributed by atoms with E-state index in [9.17, 15) is 14.7 Å². The van der Waals surface area contributed by atoms with Gasteiger partial charge in [-0.25, -0.2) is 0 Å². The number of hydrogen-bond acceptors (Lipinski definition) is 5. The Morgan fingerprint density at radius 2 is 2.05 bits per heavy atom. The van der Waals surface area contributed by atoms with Gasteiger partial charge in [0.05, 0.1) is 20.8 Å².